The highest BCUT2D eigenvalue weighted by molar-refractivity contribution is 5.99. The Bertz CT molecular complexity index is 964. The predicted molar refractivity (Wildman–Crippen MR) is 117 cm³/mol. The highest BCUT2D eigenvalue weighted by atomic mass is 19.1. The quantitative estimate of drug-likeness (QED) is 0.791. The average molecular weight is 427 g/mol. The van der Waals surface area contributed by atoms with Crippen molar-refractivity contribution in [3.05, 3.63) is 35.3 Å². The van der Waals surface area contributed by atoms with Gasteiger partial charge in [-0.2, -0.15) is 0 Å². The first-order valence-corrected chi connectivity index (χ1v) is 11.6. The van der Waals surface area contributed by atoms with Crippen molar-refractivity contribution < 1.29 is 14.0 Å². The Morgan fingerprint density at radius 2 is 2.00 bits per heavy atom. The van der Waals surface area contributed by atoms with Crippen molar-refractivity contribution in [3.8, 4) is 0 Å². The van der Waals surface area contributed by atoms with Gasteiger partial charge in [0.15, 0.2) is 0 Å². The summed E-state index contributed by atoms with van der Waals surface area (Å²) in [6, 6.07) is 5.71. The lowest BCUT2D eigenvalue weighted by Gasteiger charge is -2.48. The second-order valence-electron chi connectivity index (χ2n) is 9.45. The Hall–Kier alpha value is -2.41. The molecule has 0 radical (unpaired) electrons. The summed E-state index contributed by atoms with van der Waals surface area (Å²) in [6.07, 6.45) is 6.93. The first kappa shape index (κ1) is 20.5. The van der Waals surface area contributed by atoms with Gasteiger partial charge in [-0.05, 0) is 63.1 Å². The Labute approximate surface area is 182 Å². The highest BCUT2D eigenvalue weighted by Gasteiger charge is 2.37. The SMILES string of the molecule is Cc1ccc(F)c2cc(C(=O)N[C@@H]3CCC[C@@H](N4CCN5C(=O)CCC[C@@H]5C4)C3)[nH]c12. The van der Waals surface area contributed by atoms with Crippen LogP contribution in [-0.4, -0.2) is 64.4 Å². The molecule has 2 aromatic rings. The fourth-order valence-electron chi connectivity index (χ4n) is 5.76. The third kappa shape index (κ3) is 3.95. The maximum absolute atomic E-state index is 14.1. The number of halogens is 1. The molecule has 3 atom stereocenters. The minimum absolute atomic E-state index is 0.120. The van der Waals surface area contributed by atoms with Gasteiger partial charge in [-0.15, -0.1) is 0 Å². The molecule has 0 unspecified atom stereocenters. The third-order valence-corrected chi connectivity index (χ3v) is 7.45. The number of piperidine rings is 1. The lowest BCUT2D eigenvalue weighted by atomic mass is 9.88. The molecule has 2 saturated heterocycles. The Morgan fingerprint density at radius 3 is 2.84 bits per heavy atom. The van der Waals surface area contributed by atoms with E-state index in [0.717, 1.165) is 63.7 Å². The largest absolute Gasteiger partial charge is 0.350 e. The molecular weight excluding hydrogens is 395 g/mol. The number of carbonyl (C=O) groups is 2. The van der Waals surface area contributed by atoms with Crippen LogP contribution in [0.2, 0.25) is 0 Å². The third-order valence-electron chi connectivity index (χ3n) is 7.45. The molecule has 3 heterocycles. The second-order valence-corrected chi connectivity index (χ2v) is 9.45. The van der Waals surface area contributed by atoms with Crippen LogP contribution in [0.3, 0.4) is 0 Å². The van der Waals surface area contributed by atoms with E-state index < -0.39 is 0 Å². The molecule has 3 fully saturated rings. The van der Waals surface area contributed by atoms with Crippen LogP contribution >= 0.6 is 0 Å². The molecule has 2 N–H and O–H groups in total. The van der Waals surface area contributed by atoms with E-state index in [1.807, 2.05) is 6.92 Å². The number of H-pyrrole nitrogens is 1. The number of hydrogen-bond donors (Lipinski definition) is 2. The predicted octanol–water partition coefficient (Wildman–Crippen LogP) is 3.35. The minimum atomic E-state index is -0.311. The van der Waals surface area contributed by atoms with Crippen molar-refractivity contribution in [2.24, 2.45) is 0 Å². The van der Waals surface area contributed by atoms with E-state index in [1.165, 1.54) is 6.07 Å². The average Bonchev–Trinajstić information content (AvgIpc) is 3.24. The summed E-state index contributed by atoms with van der Waals surface area (Å²) in [5.74, 6) is -0.160. The molecule has 1 saturated carbocycles. The summed E-state index contributed by atoms with van der Waals surface area (Å²) in [5, 5.41) is 3.65. The number of piperazine rings is 1. The summed E-state index contributed by atoms with van der Waals surface area (Å²) in [5.41, 5.74) is 2.03. The van der Waals surface area contributed by atoms with Crippen LogP contribution < -0.4 is 5.32 Å². The van der Waals surface area contributed by atoms with Crippen LogP contribution in [0, 0.1) is 12.7 Å². The Morgan fingerprint density at radius 1 is 1.16 bits per heavy atom. The molecular formula is C24H31FN4O2. The number of aryl methyl sites for hydroxylation is 1. The number of carbonyl (C=O) groups excluding carboxylic acids is 2. The van der Waals surface area contributed by atoms with Crippen LogP contribution in [0.25, 0.3) is 10.9 Å². The molecule has 1 aliphatic carbocycles. The number of hydrogen-bond acceptors (Lipinski definition) is 3. The van der Waals surface area contributed by atoms with Gasteiger partial charge in [0.05, 0.1) is 5.52 Å². The summed E-state index contributed by atoms with van der Waals surface area (Å²) >= 11 is 0. The maximum atomic E-state index is 14.1. The lowest BCUT2D eigenvalue weighted by molar-refractivity contribution is -0.140. The van der Waals surface area contributed by atoms with E-state index >= 15 is 0 Å². The van der Waals surface area contributed by atoms with Crippen LogP contribution in [0.4, 0.5) is 4.39 Å². The molecule has 6 nitrogen and oxygen atoms in total. The lowest BCUT2D eigenvalue weighted by Crippen LogP contribution is -2.60. The number of rotatable bonds is 3. The molecule has 5 rings (SSSR count). The molecule has 0 bridgehead atoms. The van der Waals surface area contributed by atoms with Crippen LogP contribution in [0.5, 0.6) is 0 Å². The van der Waals surface area contributed by atoms with Crippen molar-refractivity contribution in [2.45, 2.75) is 70.0 Å². The fraction of sp³-hybridized carbons (Fsp3) is 0.583. The number of benzene rings is 1. The van der Waals surface area contributed by atoms with Gasteiger partial charge < -0.3 is 15.2 Å². The Balaban J connectivity index is 1.23. The van der Waals surface area contributed by atoms with E-state index in [1.54, 1.807) is 12.1 Å². The molecule has 2 amide bonds. The standard InChI is InChI=1S/C24H31FN4O2/c1-15-8-9-20(25)19-13-21(27-23(15)19)24(31)26-16-4-2-5-17(12-16)28-10-11-29-18(14-28)6-3-7-22(29)30/h8-9,13,16-18,27H,2-7,10-12,14H2,1H3,(H,26,31)/t16-,17-,18-/m1/s1. The number of nitrogens with one attached hydrogen (secondary N) is 2. The van der Waals surface area contributed by atoms with Gasteiger partial charge in [0.25, 0.3) is 5.91 Å². The van der Waals surface area contributed by atoms with Gasteiger partial charge in [-0.25, -0.2) is 4.39 Å². The number of aromatic amines is 1. The van der Waals surface area contributed by atoms with Crippen LogP contribution in [0.15, 0.2) is 18.2 Å². The molecule has 7 heteroatoms. The van der Waals surface area contributed by atoms with Gasteiger partial charge in [0.2, 0.25) is 5.91 Å². The van der Waals surface area contributed by atoms with Gasteiger partial charge in [-0.1, -0.05) is 6.07 Å². The summed E-state index contributed by atoms with van der Waals surface area (Å²) < 4.78 is 14.1. The van der Waals surface area contributed by atoms with Crippen molar-refractivity contribution in [2.75, 3.05) is 19.6 Å². The fourth-order valence-corrected chi connectivity index (χ4v) is 5.76. The first-order chi connectivity index (χ1) is 15.0. The monoisotopic (exact) mass is 426 g/mol. The zero-order chi connectivity index (χ0) is 21.5. The molecule has 2 aliphatic heterocycles. The van der Waals surface area contributed by atoms with E-state index in [2.05, 4.69) is 20.1 Å². The maximum Gasteiger partial charge on any atom is 0.267 e. The molecule has 0 spiro atoms. The zero-order valence-electron chi connectivity index (χ0n) is 18.1. The minimum Gasteiger partial charge on any atom is -0.350 e. The van der Waals surface area contributed by atoms with E-state index in [9.17, 15) is 14.0 Å². The number of aromatic nitrogens is 1. The van der Waals surface area contributed by atoms with Crippen LogP contribution in [-0.2, 0) is 4.79 Å². The van der Waals surface area contributed by atoms with Crippen molar-refractivity contribution >= 4 is 22.7 Å². The van der Waals surface area contributed by atoms with Crippen molar-refractivity contribution in [1.29, 1.82) is 0 Å². The summed E-state index contributed by atoms with van der Waals surface area (Å²) in [6.45, 7) is 4.62. The molecule has 1 aromatic heterocycles. The first-order valence-electron chi connectivity index (χ1n) is 11.6. The molecule has 3 aliphatic rings. The Kier molecular flexibility index (Phi) is 5.46. The van der Waals surface area contributed by atoms with E-state index in [0.29, 0.717) is 41.0 Å². The van der Waals surface area contributed by atoms with Crippen LogP contribution in [0.1, 0.15) is 61.0 Å². The topological polar surface area (TPSA) is 68.4 Å². The van der Waals surface area contributed by atoms with Crippen molar-refractivity contribution in [1.82, 2.24) is 20.1 Å². The second kappa shape index (κ2) is 8.26. The number of nitrogens with zero attached hydrogens (tertiary/aromatic N) is 2. The van der Waals surface area contributed by atoms with Gasteiger partial charge >= 0.3 is 0 Å². The van der Waals surface area contributed by atoms with Gasteiger partial charge in [0, 0.05) is 49.6 Å². The summed E-state index contributed by atoms with van der Waals surface area (Å²) in [7, 11) is 0. The zero-order valence-corrected chi connectivity index (χ0v) is 18.1. The van der Waals surface area contributed by atoms with Crippen molar-refractivity contribution in [3.63, 3.8) is 0 Å². The molecule has 1 aromatic carbocycles. The van der Waals surface area contributed by atoms with Gasteiger partial charge in [0.1, 0.15) is 11.5 Å². The molecule has 166 valence electrons. The van der Waals surface area contributed by atoms with E-state index in [-0.39, 0.29) is 17.8 Å². The highest BCUT2D eigenvalue weighted by Crippen LogP contribution is 2.29. The summed E-state index contributed by atoms with van der Waals surface area (Å²) in [4.78, 5) is 32.8. The van der Waals surface area contributed by atoms with E-state index in [4.69, 9.17) is 0 Å². The number of amides is 2. The number of fused-ring (bicyclic) bond motifs is 2. The smallest absolute Gasteiger partial charge is 0.267 e. The van der Waals surface area contributed by atoms with Gasteiger partial charge in [-0.3, -0.25) is 14.5 Å². The molecule has 31 heavy (non-hydrogen) atoms. The normalized spacial score (nSPS) is 27.4.